The molecule has 0 saturated heterocycles. The van der Waals surface area contributed by atoms with E-state index in [1.807, 2.05) is 0 Å². The van der Waals surface area contributed by atoms with E-state index in [0.29, 0.717) is 15.6 Å². The summed E-state index contributed by atoms with van der Waals surface area (Å²) in [6.45, 7) is -1.78. The van der Waals surface area contributed by atoms with E-state index < -0.39 is 30.5 Å². The summed E-state index contributed by atoms with van der Waals surface area (Å²) >= 11 is 0. The smallest absolute Gasteiger partial charge is 0.343 e. The maximum Gasteiger partial charge on any atom is 0.343 e. The third kappa shape index (κ3) is 3.02. The molecule has 2 aromatic carbocycles. The Bertz CT molecular complexity index is 954. The normalized spacial score (nSPS) is 11.2. The Morgan fingerprint density at radius 1 is 1.28 bits per heavy atom. The molecule has 25 heavy (non-hydrogen) atoms. The molecule has 0 aliphatic rings. The van der Waals surface area contributed by atoms with Crippen LogP contribution in [0.15, 0.2) is 36.4 Å². The maximum absolute atomic E-state index is 13.9. The first-order valence-corrected chi connectivity index (χ1v) is 7.36. The van der Waals surface area contributed by atoms with Crippen molar-refractivity contribution in [1.82, 2.24) is 9.55 Å². The van der Waals surface area contributed by atoms with Crippen LogP contribution in [-0.4, -0.2) is 15.5 Å². The first-order chi connectivity index (χ1) is 11.9. The molecule has 1 heterocycles. The minimum atomic E-state index is -2.86. The van der Waals surface area contributed by atoms with E-state index in [4.69, 9.17) is 10.5 Å². The van der Waals surface area contributed by atoms with Crippen LogP contribution in [0.4, 0.5) is 18.9 Å². The largest absolute Gasteiger partial charge is 0.454 e. The Morgan fingerprint density at radius 2 is 2.00 bits per heavy atom. The number of para-hydroxylation sites is 2. The predicted octanol–water partition coefficient (Wildman–Crippen LogP) is 3.82. The number of nitrogens with two attached hydrogens (primary N) is 1. The van der Waals surface area contributed by atoms with Crippen molar-refractivity contribution in [3.63, 3.8) is 0 Å². The van der Waals surface area contributed by atoms with Crippen molar-refractivity contribution in [1.29, 1.82) is 0 Å². The number of imidazole rings is 1. The van der Waals surface area contributed by atoms with E-state index in [2.05, 4.69) is 4.98 Å². The molecule has 3 rings (SSSR count). The first-order valence-electron chi connectivity index (χ1n) is 7.36. The Labute approximate surface area is 140 Å². The van der Waals surface area contributed by atoms with Crippen molar-refractivity contribution in [3.05, 3.63) is 59.2 Å². The van der Waals surface area contributed by atoms with Crippen molar-refractivity contribution < 1.29 is 22.7 Å². The summed E-state index contributed by atoms with van der Waals surface area (Å²) in [5, 5.41) is 0. The number of hydrogen-bond acceptors (Lipinski definition) is 4. The Kier molecular flexibility index (Phi) is 4.35. The molecular weight excluding hydrogens is 335 g/mol. The van der Waals surface area contributed by atoms with E-state index in [-0.39, 0.29) is 17.0 Å². The van der Waals surface area contributed by atoms with E-state index in [1.54, 1.807) is 25.1 Å². The Hall–Kier alpha value is -3.03. The van der Waals surface area contributed by atoms with Crippen molar-refractivity contribution in [2.75, 3.05) is 5.73 Å². The molecule has 0 saturated carbocycles. The number of carbonyl (C=O) groups excluding carboxylic acids is 1. The van der Waals surface area contributed by atoms with Gasteiger partial charge in [0.2, 0.25) is 0 Å². The zero-order valence-electron chi connectivity index (χ0n) is 13.2. The second kappa shape index (κ2) is 6.46. The van der Waals surface area contributed by atoms with E-state index in [1.165, 1.54) is 12.1 Å². The highest BCUT2D eigenvalue weighted by molar-refractivity contribution is 5.96. The summed E-state index contributed by atoms with van der Waals surface area (Å²) in [7, 11) is 0. The number of rotatable bonds is 4. The molecule has 0 spiro atoms. The molecule has 0 unspecified atom stereocenters. The number of nitrogen functional groups attached to an aromatic ring is 1. The van der Waals surface area contributed by atoms with E-state index >= 15 is 0 Å². The van der Waals surface area contributed by atoms with Crippen LogP contribution >= 0.6 is 0 Å². The van der Waals surface area contributed by atoms with Gasteiger partial charge in [-0.05, 0) is 30.7 Å². The molecule has 0 bridgehead atoms. The van der Waals surface area contributed by atoms with Gasteiger partial charge < -0.3 is 10.5 Å². The highest BCUT2D eigenvalue weighted by Crippen LogP contribution is 2.25. The molecule has 0 atom stereocenters. The van der Waals surface area contributed by atoms with Gasteiger partial charge in [0.1, 0.15) is 18.0 Å². The topological polar surface area (TPSA) is 70.1 Å². The molecule has 5 nitrogen and oxygen atoms in total. The highest BCUT2D eigenvalue weighted by atomic mass is 19.3. The lowest BCUT2D eigenvalue weighted by molar-refractivity contribution is 0.0384. The molecule has 0 aliphatic heterocycles. The van der Waals surface area contributed by atoms with Gasteiger partial charge in [-0.3, -0.25) is 4.57 Å². The average molecular weight is 349 g/mol. The minimum absolute atomic E-state index is 0.0487. The average Bonchev–Trinajstić information content (AvgIpc) is 2.95. The number of alkyl halides is 2. The summed E-state index contributed by atoms with van der Waals surface area (Å²) in [4.78, 5) is 16.2. The number of nitrogens with zero attached hydrogens (tertiary/aromatic N) is 2. The number of carbonyl (C=O) groups is 1. The maximum atomic E-state index is 13.9. The lowest BCUT2D eigenvalue weighted by Gasteiger charge is -2.11. The van der Waals surface area contributed by atoms with Crippen LogP contribution in [0.2, 0.25) is 0 Å². The first kappa shape index (κ1) is 16.8. The van der Waals surface area contributed by atoms with Crippen LogP contribution in [0.5, 0.6) is 0 Å². The third-order valence-electron chi connectivity index (χ3n) is 3.81. The highest BCUT2D eigenvalue weighted by Gasteiger charge is 2.22. The molecule has 3 aromatic rings. The van der Waals surface area contributed by atoms with E-state index in [9.17, 15) is 18.0 Å². The molecular formula is C17H14F3N3O2. The number of benzene rings is 2. The van der Waals surface area contributed by atoms with Gasteiger partial charge in [-0.2, -0.15) is 8.78 Å². The fourth-order valence-electron chi connectivity index (χ4n) is 2.52. The monoisotopic (exact) mass is 349 g/mol. The fraction of sp³-hybridized carbons (Fsp3) is 0.176. The van der Waals surface area contributed by atoms with Gasteiger partial charge in [0, 0.05) is 0 Å². The van der Waals surface area contributed by atoms with Gasteiger partial charge in [-0.25, -0.2) is 14.2 Å². The second-order valence-electron chi connectivity index (χ2n) is 5.39. The predicted molar refractivity (Wildman–Crippen MR) is 85.7 cm³/mol. The minimum Gasteiger partial charge on any atom is -0.454 e. The Balaban J connectivity index is 1.90. The standard InChI is InChI=1S/C17H14F3N3O2/c1-9-6-7-10(18)14(15(9)21)16(24)25-8-13-22-11-4-2-3-5-12(11)23(13)17(19)20/h2-7,17H,8,21H2,1H3. The molecule has 0 aliphatic carbocycles. The fourth-order valence-corrected chi connectivity index (χ4v) is 2.52. The molecule has 0 amide bonds. The number of anilines is 1. The second-order valence-corrected chi connectivity index (χ2v) is 5.39. The molecule has 1 aromatic heterocycles. The van der Waals surface area contributed by atoms with Crippen LogP contribution in [0.1, 0.15) is 28.3 Å². The van der Waals surface area contributed by atoms with Gasteiger partial charge in [-0.1, -0.05) is 18.2 Å². The number of fused-ring (bicyclic) bond motifs is 1. The zero-order valence-corrected chi connectivity index (χ0v) is 13.2. The third-order valence-corrected chi connectivity index (χ3v) is 3.81. The van der Waals surface area contributed by atoms with Crippen molar-refractivity contribution in [2.45, 2.75) is 20.1 Å². The van der Waals surface area contributed by atoms with Crippen LogP contribution in [0.3, 0.4) is 0 Å². The van der Waals surface area contributed by atoms with Gasteiger partial charge >= 0.3 is 12.5 Å². The number of aryl methyl sites for hydroxylation is 1. The van der Waals surface area contributed by atoms with Crippen molar-refractivity contribution >= 4 is 22.7 Å². The molecule has 130 valence electrons. The zero-order chi connectivity index (χ0) is 18.1. The van der Waals surface area contributed by atoms with Gasteiger partial charge in [0.15, 0.2) is 5.82 Å². The van der Waals surface area contributed by atoms with Gasteiger partial charge in [-0.15, -0.1) is 0 Å². The quantitative estimate of drug-likeness (QED) is 0.574. The molecule has 2 N–H and O–H groups in total. The van der Waals surface area contributed by atoms with Crippen LogP contribution < -0.4 is 5.73 Å². The molecule has 0 fully saturated rings. The van der Waals surface area contributed by atoms with Crippen molar-refractivity contribution in [2.24, 2.45) is 0 Å². The number of aromatic nitrogens is 2. The van der Waals surface area contributed by atoms with Gasteiger partial charge in [0.25, 0.3) is 0 Å². The number of hydrogen-bond donors (Lipinski definition) is 1. The number of ether oxygens (including phenoxy) is 1. The summed E-state index contributed by atoms with van der Waals surface area (Å²) < 4.78 is 46.1. The van der Waals surface area contributed by atoms with E-state index in [0.717, 1.165) is 6.07 Å². The molecule has 8 heteroatoms. The number of esters is 1. The Morgan fingerprint density at radius 3 is 2.72 bits per heavy atom. The van der Waals surface area contributed by atoms with Crippen LogP contribution in [-0.2, 0) is 11.3 Å². The summed E-state index contributed by atoms with van der Waals surface area (Å²) in [6, 6.07) is 8.83. The number of halogens is 3. The summed E-state index contributed by atoms with van der Waals surface area (Å²) in [6.07, 6.45) is 0. The summed E-state index contributed by atoms with van der Waals surface area (Å²) in [5.41, 5.74) is 6.31. The lowest BCUT2D eigenvalue weighted by atomic mass is 10.1. The van der Waals surface area contributed by atoms with Crippen LogP contribution in [0, 0.1) is 12.7 Å². The lowest BCUT2D eigenvalue weighted by Crippen LogP contribution is -2.14. The van der Waals surface area contributed by atoms with Crippen LogP contribution in [0.25, 0.3) is 11.0 Å². The molecule has 0 radical (unpaired) electrons. The summed E-state index contributed by atoms with van der Waals surface area (Å²) in [5.74, 6) is -2.02. The SMILES string of the molecule is Cc1ccc(F)c(C(=O)OCc2nc3ccccc3n2C(F)F)c1N. The van der Waals surface area contributed by atoms with Crippen molar-refractivity contribution in [3.8, 4) is 0 Å². The van der Waals surface area contributed by atoms with Gasteiger partial charge in [0.05, 0.1) is 16.7 Å².